The van der Waals surface area contributed by atoms with Gasteiger partial charge >= 0.3 is 5.97 Å². The van der Waals surface area contributed by atoms with E-state index in [1.807, 2.05) is 30.3 Å². The maximum atomic E-state index is 14.0. The van der Waals surface area contributed by atoms with Crippen LogP contribution in [0.5, 0.6) is 23.0 Å². The fourth-order valence-electron chi connectivity index (χ4n) is 4.77. The second-order valence-corrected chi connectivity index (χ2v) is 10.3. The van der Waals surface area contributed by atoms with Crippen molar-refractivity contribution < 1.29 is 33.3 Å². The van der Waals surface area contributed by atoms with Crippen molar-refractivity contribution in [2.75, 3.05) is 35.5 Å². The van der Waals surface area contributed by atoms with E-state index in [9.17, 15) is 9.59 Å². The first-order chi connectivity index (χ1) is 21.3. The smallest absolute Gasteiger partial charge is 0.337 e. The van der Waals surface area contributed by atoms with Crippen LogP contribution in [-0.4, -0.2) is 58.0 Å². The van der Waals surface area contributed by atoms with Crippen molar-refractivity contribution in [3.8, 4) is 23.0 Å². The summed E-state index contributed by atoms with van der Waals surface area (Å²) in [5, 5.41) is 0. The molecule has 10 heteroatoms. The molecule has 232 valence electrons. The molecular formula is C34H39N3O7. The van der Waals surface area contributed by atoms with Crippen LogP contribution < -0.4 is 24.7 Å². The first-order valence-corrected chi connectivity index (χ1v) is 14.2. The predicted molar refractivity (Wildman–Crippen MR) is 167 cm³/mol. The standard InChI is InChI=1S/C34H39N3O7/c1-36-29(18-28(35)23-12-13-23)33(38)37(19-25-14-15-27(40-2)17-31(25)41-3)20-26-10-7-11-30(32(26)42-4)44-21-22-8-6-9-24(16-22)34(39)43-5/h6-11,14-18,23H,12-13,19-21,35H2,1-5H3/b28-18-,36-29?. The second-order valence-electron chi connectivity index (χ2n) is 10.3. The number of benzene rings is 3. The molecule has 1 aliphatic carbocycles. The molecule has 0 atom stereocenters. The molecule has 0 unspecified atom stereocenters. The zero-order chi connectivity index (χ0) is 31.6. The Morgan fingerprint density at radius 3 is 2.32 bits per heavy atom. The number of carbonyl (C=O) groups is 2. The van der Waals surface area contributed by atoms with Crippen LogP contribution in [0.2, 0.25) is 0 Å². The van der Waals surface area contributed by atoms with Gasteiger partial charge in [0.05, 0.1) is 47.1 Å². The van der Waals surface area contributed by atoms with Gasteiger partial charge in [-0.25, -0.2) is 4.79 Å². The topological polar surface area (TPSA) is 122 Å². The molecule has 1 amide bonds. The lowest BCUT2D eigenvalue weighted by atomic mass is 10.1. The summed E-state index contributed by atoms with van der Waals surface area (Å²) in [6.45, 7) is 0.591. The monoisotopic (exact) mass is 601 g/mol. The second kappa shape index (κ2) is 15.0. The van der Waals surface area contributed by atoms with E-state index < -0.39 is 5.97 Å². The van der Waals surface area contributed by atoms with Gasteiger partial charge in [-0.05, 0) is 60.7 Å². The molecule has 3 aromatic rings. The summed E-state index contributed by atoms with van der Waals surface area (Å²) in [5.41, 5.74) is 9.92. The molecule has 44 heavy (non-hydrogen) atoms. The van der Waals surface area contributed by atoms with Gasteiger partial charge in [0.2, 0.25) is 0 Å². The van der Waals surface area contributed by atoms with Crippen LogP contribution in [0.1, 0.15) is 39.9 Å². The number of methoxy groups -OCH3 is 4. The molecule has 0 heterocycles. The molecule has 1 saturated carbocycles. The van der Waals surface area contributed by atoms with Crippen LogP contribution in [0.3, 0.4) is 0 Å². The number of hydrogen-bond donors (Lipinski definition) is 1. The SMILES string of the molecule is CN=C(/C=C(\N)C1CC1)C(=O)N(Cc1ccc(OC)cc1OC)Cc1cccc(OCc2cccc(C(=O)OC)c2)c1OC. The summed E-state index contributed by atoms with van der Waals surface area (Å²) >= 11 is 0. The number of nitrogens with two attached hydrogens (primary N) is 1. The van der Waals surface area contributed by atoms with Gasteiger partial charge in [0.1, 0.15) is 23.8 Å². The van der Waals surface area contributed by atoms with Gasteiger partial charge in [0, 0.05) is 29.9 Å². The molecule has 1 aliphatic rings. The predicted octanol–water partition coefficient (Wildman–Crippen LogP) is 4.93. The van der Waals surface area contributed by atoms with E-state index in [0.29, 0.717) is 34.3 Å². The van der Waals surface area contributed by atoms with Gasteiger partial charge in [0.15, 0.2) is 11.5 Å². The minimum Gasteiger partial charge on any atom is -0.497 e. The average molecular weight is 602 g/mol. The molecule has 0 spiro atoms. The van der Waals surface area contributed by atoms with E-state index in [1.54, 1.807) is 69.7 Å². The number of para-hydroxylation sites is 1. The molecule has 0 saturated heterocycles. The largest absolute Gasteiger partial charge is 0.497 e. The number of esters is 1. The fourth-order valence-corrected chi connectivity index (χ4v) is 4.77. The van der Waals surface area contributed by atoms with Crippen LogP contribution >= 0.6 is 0 Å². The van der Waals surface area contributed by atoms with E-state index in [2.05, 4.69) is 4.99 Å². The first kappa shape index (κ1) is 31.9. The van der Waals surface area contributed by atoms with Crippen LogP contribution in [0.15, 0.2) is 77.4 Å². The third-order valence-corrected chi connectivity index (χ3v) is 7.32. The lowest BCUT2D eigenvalue weighted by Gasteiger charge is -2.25. The number of nitrogens with zero attached hydrogens (tertiary/aromatic N) is 2. The molecule has 2 N–H and O–H groups in total. The van der Waals surface area contributed by atoms with Crippen LogP contribution in [0.4, 0.5) is 0 Å². The van der Waals surface area contributed by atoms with Gasteiger partial charge in [0.25, 0.3) is 5.91 Å². The number of allylic oxidation sites excluding steroid dienone is 1. The number of rotatable bonds is 14. The summed E-state index contributed by atoms with van der Waals surface area (Å²) in [6, 6.07) is 18.0. The van der Waals surface area contributed by atoms with Gasteiger partial charge in [-0.15, -0.1) is 0 Å². The minimum absolute atomic E-state index is 0.183. The maximum Gasteiger partial charge on any atom is 0.337 e. The molecule has 1 fully saturated rings. The zero-order valence-electron chi connectivity index (χ0n) is 25.8. The molecule has 0 radical (unpaired) electrons. The third kappa shape index (κ3) is 7.89. The first-order valence-electron chi connectivity index (χ1n) is 14.2. The molecule has 3 aromatic carbocycles. The Balaban J connectivity index is 1.64. The van der Waals surface area contributed by atoms with Crippen molar-refractivity contribution in [2.45, 2.75) is 32.5 Å². The summed E-state index contributed by atoms with van der Waals surface area (Å²) < 4.78 is 27.7. The van der Waals surface area contributed by atoms with Crippen LogP contribution in [0.25, 0.3) is 0 Å². The fraction of sp³-hybridized carbons (Fsp3) is 0.324. The normalized spacial score (nSPS) is 13.2. The molecule has 0 aliphatic heterocycles. The van der Waals surface area contributed by atoms with E-state index in [-0.39, 0.29) is 37.2 Å². The Kier molecular flexibility index (Phi) is 10.9. The summed E-state index contributed by atoms with van der Waals surface area (Å²) in [4.78, 5) is 31.9. The third-order valence-electron chi connectivity index (χ3n) is 7.32. The number of hydrogen-bond acceptors (Lipinski definition) is 9. The highest BCUT2D eigenvalue weighted by Crippen LogP contribution is 2.35. The number of aliphatic imine (C=N–C) groups is 1. The Hall–Kier alpha value is -4.99. The Morgan fingerprint density at radius 1 is 0.909 bits per heavy atom. The highest BCUT2D eigenvalue weighted by molar-refractivity contribution is 6.43. The van der Waals surface area contributed by atoms with Gasteiger partial charge in [-0.3, -0.25) is 9.79 Å². The molecule has 10 nitrogen and oxygen atoms in total. The molecule has 4 rings (SSSR count). The minimum atomic E-state index is -0.423. The Morgan fingerprint density at radius 2 is 1.66 bits per heavy atom. The lowest BCUT2D eigenvalue weighted by molar-refractivity contribution is -0.125. The van der Waals surface area contributed by atoms with E-state index in [4.69, 9.17) is 29.4 Å². The van der Waals surface area contributed by atoms with Crippen molar-refractivity contribution in [1.82, 2.24) is 4.90 Å². The molecule has 0 bridgehead atoms. The van der Waals surface area contributed by atoms with E-state index in [0.717, 1.165) is 29.5 Å². The van der Waals surface area contributed by atoms with Crippen molar-refractivity contribution >= 4 is 17.6 Å². The summed E-state index contributed by atoms with van der Waals surface area (Å²) in [6.07, 6.45) is 3.70. The molecular weight excluding hydrogens is 562 g/mol. The van der Waals surface area contributed by atoms with Crippen LogP contribution in [-0.2, 0) is 29.2 Å². The van der Waals surface area contributed by atoms with Crippen molar-refractivity contribution in [3.63, 3.8) is 0 Å². The van der Waals surface area contributed by atoms with E-state index in [1.165, 1.54) is 7.11 Å². The number of ether oxygens (including phenoxy) is 5. The van der Waals surface area contributed by atoms with Crippen molar-refractivity contribution in [1.29, 1.82) is 0 Å². The van der Waals surface area contributed by atoms with Crippen molar-refractivity contribution in [2.24, 2.45) is 16.6 Å². The van der Waals surface area contributed by atoms with Gasteiger partial charge < -0.3 is 34.3 Å². The van der Waals surface area contributed by atoms with E-state index >= 15 is 0 Å². The maximum absolute atomic E-state index is 14.0. The zero-order valence-corrected chi connectivity index (χ0v) is 25.8. The van der Waals surface area contributed by atoms with Crippen molar-refractivity contribution in [3.05, 3.63) is 94.7 Å². The highest BCUT2D eigenvalue weighted by atomic mass is 16.5. The summed E-state index contributed by atoms with van der Waals surface area (Å²) in [7, 11) is 7.64. The quantitative estimate of drug-likeness (QED) is 0.204. The van der Waals surface area contributed by atoms with Gasteiger partial charge in [-0.2, -0.15) is 0 Å². The van der Waals surface area contributed by atoms with Gasteiger partial charge in [-0.1, -0.05) is 24.3 Å². The Labute approximate surface area is 258 Å². The Bertz CT molecular complexity index is 1550. The molecule has 0 aromatic heterocycles. The highest BCUT2D eigenvalue weighted by Gasteiger charge is 2.27. The number of amides is 1. The lowest BCUT2D eigenvalue weighted by Crippen LogP contribution is -2.35. The average Bonchev–Trinajstić information content (AvgIpc) is 3.91. The number of carbonyl (C=O) groups excluding carboxylic acids is 2. The van der Waals surface area contributed by atoms with Crippen LogP contribution in [0, 0.1) is 5.92 Å². The summed E-state index contributed by atoms with van der Waals surface area (Å²) in [5.74, 6) is 1.78.